The van der Waals surface area contributed by atoms with Gasteiger partial charge in [0.05, 0.1) is 5.69 Å². The van der Waals surface area contributed by atoms with Gasteiger partial charge in [0.15, 0.2) is 0 Å². The van der Waals surface area contributed by atoms with Gasteiger partial charge >= 0.3 is 0 Å². The first-order valence-corrected chi connectivity index (χ1v) is 6.47. The maximum Gasteiger partial charge on any atom is 0.250 e. The van der Waals surface area contributed by atoms with E-state index in [1.165, 1.54) is 12.8 Å². The van der Waals surface area contributed by atoms with Crippen LogP contribution in [0.25, 0.3) is 0 Å². The number of rotatable bonds is 3. The minimum atomic E-state index is 0.0700. The molecule has 1 saturated heterocycles. The molecule has 0 amide bonds. The SMILES string of the molecule is CCn1cc(NC2CCCNCC2)ccc1=O. The van der Waals surface area contributed by atoms with E-state index in [9.17, 15) is 4.79 Å². The Labute approximate surface area is 102 Å². The van der Waals surface area contributed by atoms with Gasteiger partial charge < -0.3 is 15.2 Å². The molecule has 1 atom stereocenters. The summed E-state index contributed by atoms with van der Waals surface area (Å²) in [5.74, 6) is 0. The largest absolute Gasteiger partial charge is 0.381 e. The topological polar surface area (TPSA) is 46.1 Å². The molecule has 0 aromatic carbocycles. The van der Waals surface area contributed by atoms with E-state index in [0.29, 0.717) is 6.04 Å². The van der Waals surface area contributed by atoms with E-state index in [4.69, 9.17) is 0 Å². The maximum absolute atomic E-state index is 11.5. The standard InChI is InChI=1S/C13H21N3O/c1-2-16-10-12(5-6-13(16)17)15-11-4-3-8-14-9-7-11/h5-6,10-11,14-15H,2-4,7-9H2,1H3. The minimum Gasteiger partial charge on any atom is -0.381 e. The van der Waals surface area contributed by atoms with Crippen molar-refractivity contribution in [3.05, 3.63) is 28.7 Å². The van der Waals surface area contributed by atoms with Crippen LogP contribution in [0.15, 0.2) is 23.1 Å². The van der Waals surface area contributed by atoms with Crippen molar-refractivity contribution in [3.8, 4) is 0 Å². The van der Waals surface area contributed by atoms with Crippen molar-refractivity contribution in [2.75, 3.05) is 18.4 Å². The molecule has 0 spiro atoms. The normalized spacial score (nSPS) is 20.9. The van der Waals surface area contributed by atoms with Gasteiger partial charge in [0, 0.05) is 24.8 Å². The Hall–Kier alpha value is -1.29. The van der Waals surface area contributed by atoms with E-state index in [1.54, 1.807) is 10.6 Å². The molecule has 2 heterocycles. The number of nitrogens with one attached hydrogen (secondary N) is 2. The number of aromatic nitrogens is 1. The Morgan fingerprint density at radius 1 is 1.41 bits per heavy atom. The van der Waals surface area contributed by atoms with Gasteiger partial charge in [0.2, 0.25) is 0 Å². The van der Waals surface area contributed by atoms with E-state index >= 15 is 0 Å². The van der Waals surface area contributed by atoms with Gasteiger partial charge in [-0.1, -0.05) is 0 Å². The van der Waals surface area contributed by atoms with Gasteiger partial charge in [-0.2, -0.15) is 0 Å². The lowest BCUT2D eigenvalue weighted by molar-refractivity contribution is 0.634. The molecule has 1 aliphatic rings. The summed E-state index contributed by atoms with van der Waals surface area (Å²) in [6, 6.07) is 4.04. The van der Waals surface area contributed by atoms with Crippen molar-refractivity contribution < 1.29 is 0 Å². The van der Waals surface area contributed by atoms with Crippen molar-refractivity contribution in [3.63, 3.8) is 0 Å². The van der Waals surface area contributed by atoms with Crippen molar-refractivity contribution in [2.24, 2.45) is 0 Å². The fraction of sp³-hybridized carbons (Fsp3) is 0.615. The molecular formula is C13H21N3O. The highest BCUT2D eigenvalue weighted by Crippen LogP contribution is 2.12. The highest BCUT2D eigenvalue weighted by molar-refractivity contribution is 5.41. The van der Waals surface area contributed by atoms with Gasteiger partial charge in [-0.3, -0.25) is 4.79 Å². The Kier molecular flexibility index (Phi) is 4.20. The summed E-state index contributed by atoms with van der Waals surface area (Å²) in [4.78, 5) is 11.5. The minimum absolute atomic E-state index is 0.0700. The van der Waals surface area contributed by atoms with Crippen molar-refractivity contribution in [1.29, 1.82) is 0 Å². The highest BCUT2D eigenvalue weighted by atomic mass is 16.1. The lowest BCUT2D eigenvalue weighted by atomic mass is 10.1. The molecule has 4 heteroatoms. The molecule has 0 radical (unpaired) electrons. The lowest BCUT2D eigenvalue weighted by Crippen LogP contribution is -2.23. The van der Waals surface area contributed by atoms with Gasteiger partial charge in [-0.15, -0.1) is 0 Å². The van der Waals surface area contributed by atoms with Gasteiger partial charge in [0.1, 0.15) is 0 Å². The van der Waals surface area contributed by atoms with Crippen LogP contribution in [0.2, 0.25) is 0 Å². The molecule has 2 N–H and O–H groups in total. The van der Waals surface area contributed by atoms with Crippen LogP contribution in [0.5, 0.6) is 0 Å². The summed E-state index contributed by atoms with van der Waals surface area (Å²) in [6.45, 7) is 4.90. The predicted octanol–water partition coefficient (Wildman–Crippen LogP) is 1.42. The van der Waals surface area contributed by atoms with E-state index in [0.717, 1.165) is 31.7 Å². The second-order valence-corrected chi connectivity index (χ2v) is 4.56. The smallest absolute Gasteiger partial charge is 0.250 e. The zero-order valence-corrected chi connectivity index (χ0v) is 10.4. The van der Waals surface area contributed by atoms with Crippen molar-refractivity contribution in [1.82, 2.24) is 9.88 Å². The van der Waals surface area contributed by atoms with Gasteiger partial charge in [0.25, 0.3) is 5.56 Å². The molecular weight excluding hydrogens is 214 g/mol. The Morgan fingerprint density at radius 2 is 2.29 bits per heavy atom. The zero-order chi connectivity index (χ0) is 12.1. The second-order valence-electron chi connectivity index (χ2n) is 4.56. The van der Waals surface area contributed by atoms with Crippen LogP contribution < -0.4 is 16.2 Å². The molecule has 1 fully saturated rings. The molecule has 1 aromatic heterocycles. The third-order valence-corrected chi connectivity index (χ3v) is 3.27. The fourth-order valence-electron chi connectivity index (χ4n) is 2.26. The molecule has 1 aliphatic heterocycles. The average molecular weight is 235 g/mol. The average Bonchev–Trinajstić information content (AvgIpc) is 2.60. The number of nitrogens with zero attached hydrogens (tertiary/aromatic N) is 1. The molecule has 1 unspecified atom stereocenters. The second kappa shape index (κ2) is 5.87. The predicted molar refractivity (Wildman–Crippen MR) is 70.5 cm³/mol. The Bertz CT molecular complexity index is 405. The summed E-state index contributed by atoms with van der Waals surface area (Å²) in [5.41, 5.74) is 1.12. The summed E-state index contributed by atoms with van der Waals surface area (Å²) in [7, 11) is 0. The maximum atomic E-state index is 11.5. The van der Waals surface area contributed by atoms with Crippen LogP contribution in [0.3, 0.4) is 0 Å². The first kappa shape index (κ1) is 12.2. The monoisotopic (exact) mass is 235 g/mol. The van der Waals surface area contributed by atoms with Crippen LogP contribution in [0, 0.1) is 0 Å². The molecule has 1 aromatic rings. The Morgan fingerprint density at radius 3 is 3.12 bits per heavy atom. The van der Waals surface area contributed by atoms with Crippen molar-refractivity contribution >= 4 is 5.69 Å². The van der Waals surface area contributed by atoms with Crippen LogP contribution in [0.4, 0.5) is 5.69 Å². The quantitative estimate of drug-likeness (QED) is 0.833. The van der Waals surface area contributed by atoms with E-state index in [1.807, 2.05) is 19.2 Å². The summed E-state index contributed by atoms with van der Waals surface area (Å²) in [5, 5.41) is 6.92. The Balaban J connectivity index is 2.04. The van der Waals surface area contributed by atoms with E-state index in [-0.39, 0.29) is 5.56 Å². The summed E-state index contributed by atoms with van der Waals surface area (Å²) in [6.07, 6.45) is 5.47. The lowest BCUT2D eigenvalue weighted by Gasteiger charge is -2.18. The van der Waals surface area contributed by atoms with E-state index in [2.05, 4.69) is 10.6 Å². The number of hydrogen-bond acceptors (Lipinski definition) is 3. The number of aryl methyl sites for hydroxylation is 1. The molecule has 0 bridgehead atoms. The molecule has 17 heavy (non-hydrogen) atoms. The number of pyridine rings is 1. The molecule has 4 nitrogen and oxygen atoms in total. The highest BCUT2D eigenvalue weighted by Gasteiger charge is 2.11. The summed E-state index contributed by atoms with van der Waals surface area (Å²) < 4.78 is 1.73. The first-order valence-electron chi connectivity index (χ1n) is 6.47. The molecule has 94 valence electrons. The third kappa shape index (κ3) is 3.33. The third-order valence-electron chi connectivity index (χ3n) is 3.27. The van der Waals surface area contributed by atoms with Crippen LogP contribution in [-0.4, -0.2) is 23.7 Å². The number of anilines is 1. The van der Waals surface area contributed by atoms with Gasteiger partial charge in [-0.05, 0) is 45.3 Å². The van der Waals surface area contributed by atoms with Crippen LogP contribution >= 0.6 is 0 Å². The van der Waals surface area contributed by atoms with Gasteiger partial charge in [-0.25, -0.2) is 0 Å². The molecule has 0 aliphatic carbocycles. The van der Waals surface area contributed by atoms with Crippen LogP contribution in [0.1, 0.15) is 26.2 Å². The van der Waals surface area contributed by atoms with E-state index < -0.39 is 0 Å². The fourth-order valence-corrected chi connectivity index (χ4v) is 2.26. The van der Waals surface area contributed by atoms with Crippen molar-refractivity contribution in [2.45, 2.75) is 38.8 Å². The first-order chi connectivity index (χ1) is 8.29. The molecule has 2 rings (SSSR count). The molecule has 0 saturated carbocycles. The number of hydrogen-bond donors (Lipinski definition) is 2. The zero-order valence-electron chi connectivity index (χ0n) is 10.4. The summed E-state index contributed by atoms with van der Waals surface area (Å²) >= 11 is 0. The van der Waals surface area contributed by atoms with Crippen LogP contribution in [-0.2, 0) is 6.54 Å².